The molecule has 0 N–H and O–H groups in total. The minimum atomic E-state index is 0.235. The number of hydrogen-bond donors (Lipinski definition) is 0. The van der Waals surface area contributed by atoms with Gasteiger partial charge in [0.1, 0.15) is 11.4 Å². The molecule has 0 saturated carbocycles. The average Bonchev–Trinajstić information content (AvgIpc) is 3.87. The Morgan fingerprint density at radius 3 is 1.97 bits per heavy atom. The van der Waals surface area contributed by atoms with Crippen molar-refractivity contribution in [2.75, 3.05) is 4.90 Å². The smallest absolute Gasteiger partial charge is 0.182 e. The summed E-state index contributed by atoms with van der Waals surface area (Å²) in [7, 11) is 0. The highest BCUT2D eigenvalue weighted by atomic mass is 15.2. The molecule has 0 saturated heterocycles. The predicted molar refractivity (Wildman–Crippen MR) is 251 cm³/mol. The lowest BCUT2D eigenvalue weighted by Crippen LogP contribution is -2.30. The van der Waals surface area contributed by atoms with E-state index in [4.69, 9.17) is 15.0 Å². The fraction of sp³-hybridized carbons (Fsp3) is 0.0727. The molecule has 2 aliphatic carbocycles. The van der Waals surface area contributed by atoms with Gasteiger partial charge < -0.3 is 9.47 Å². The fourth-order valence-electron chi connectivity index (χ4n) is 9.67. The summed E-state index contributed by atoms with van der Waals surface area (Å²) < 4.78 is 2.47. The highest BCUT2D eigenvalue weighted by Gasteiger charge is 2.41. The van der Waals surface area contributed by atoms with E-state index in [9.17, 15) is 0 Å². The van der Waals surface area contributed by atoms with Gasteiger partial charge in [0.15, 0.2) is 17.5 Å². The molecular formula is C55H39N7. The molecule has 2 atom stereocenters. The number of benzene rings is 5. The standard InChI is InChI=1S/C55H39N7/c1-2-16-40(17-3-1)62-49-24-7-5-19-44(49)52-42(20-13-25-51(52)62)36-26-29-41(30-27-36)61-48-23-6-4-18-43(48)45-35-38(28-31-50(45)61)37-14-12-15-39(34-37)53-58-54(46-21-8-10-32-56-46)60-55(59-53)47-22-9-11-33-57-47/h1-26,28-29,31-35,51-52H,27,30H2. The van der Waals surface area contributed by atoms with Gasteiger partial charge in [-0.05, 0) is 113 Å². The van der Waals surface area contributed by atoms with Crippen LogP contribution in [0.3, 0.4) is 0 Å². The van der Waals surface area contributed by atoms with E-state index in [-0.39, 0.29) is 12.0 Å². The quantitative estimate of drug-likeness (QED) is 0.160. The molecule has 62 heavy (non-hydrogen) atoms. The molecule has 1 aliphatic heterocycles. The van der Waals surface area contributed by atoms with E-state index in [0.717, 1.165) is 29.5 Å². The van der Waals surface area contributed by atoms with Gasteiger partial charge in [0.2, 0.25) is 0 Å². The van der Waals surface area contributed by atoms with Gasteiger partial charge in [-0.1, -0.05) is 115 Å². The second-order valence-electron chi connectivity index (χ2n) is 16.0. The summed E-state index contributed by atoms with van der Waals surface area (Å²) >= 11 is 0. The van der Waals surface area contributed by atoms with E-state index in [0.29, 0.717) is 28.9 Å². The van der Waals surface area contributed by atoms with Crippen molar-refractivity contribution >= 4 is 38.9 Å². The first-order valence-corrected chi connectivity index (χ1v) is 21.2. The Bertz CT molecular complexity index is 3250. The summed E-state index contributed by atoms with van der Waals surface area (Å²) in [5.41, 5.74) is 14.9. The van der Waals surface area contributed by atoms with E-state index >= 15 is 0 Å². The molecule has 0 fully saturated rings. The molecule has 0 amide bonds. The van der Waals surface area contributed by atoms with Crippen molar-refractivity contribution < 1.29 is 0 Å². The van der Waals surface area contributed by atoms with Crippen molar-refractivity contribution in [1.29, 1.82) is 0 Å². The summed E-state index contributed by atoms with van der Waals surface area (Å²) in [6.45, 7) is 0. The van der Waals surface area contributed by atoms with Crippen LogP contribution in [0.2, 0.25) is 0 Å². The average molecular weight is 798 g/mol. The number of para-hydroxylation sites is 3. The van der Waals surface area contributed by atoms with Crippen LogP contribution in [0.5, 0.6) is 0 Å². The summed E-state index contributed by atoms with van der Waals surface area (Å²) in [4.78, 5) is 26.2. The van der Waals surface area contributed by atoms with Crippen LogP contribution < -0.4 is 4.90 Å². The Labute approximate surface area is 359 Å². The molecule has 294 valence electrons. The summed E-state index contributed by atoms with van der Waals surface area (Å²) in [5.74, 6) is 1.85. The number of nitrogens with zero attached hydrogens (tertiary/aromatic N) is 7. The molecule has 7 nitrogen and oxygen atoms in total. The molecule has 0 spiro atoms. The van der Waals surface area contributed by atoms with Crippen molar-refractivity contribution in [2.24, 2.45) is 0 Å². The molecule has 5 heterocycles. The minimum absolute atomic E-state index is 0.235. The summed E-state index contributed by atoms with van der Waals surface area (Å²) in [6, 6.07) is 55.6. The third-order valence-electron chi connectivity index (χ3n) is 12.5. The predicted octanol–water partition coefficient (Wildman–Crippen LogP) is 12.8. The monoisotopic (exact) mass is 797 g/mol. The van der Waals surface area contributed by atoms with Crippen LogP contribution in [0.25, 0.3) is 73.1 Å². The van der Waals surface area contributed by atoms with Gasteiger partial charge >= 0.3 is 0 Å². The zero-order chi connectivity index (χ0) is 41.0. The minimum Gasteiger partial charge on any atom is -0.333 e. The molecule has 5 aromatic carbocycles. The summed E-state index contributed by atoms with van der Waals surface area (Å²) in [5, 5.41) is 2.46. The van der Waals surface area contributed by atoms with Crippen LogP contribution in [-0.2, 0) is 0 Å². The van der Waals surface area contributed by atoms with Crippen LogP contribution >= 0.6 is 0 Å². The maximum Gasteiger partial charge on any atom is 0.182 e. The lowest BCUT2D eigenvalue weighted by molar-refractivity contribution is 0.705. The molecule has 0 bridgehead atoms. The Kier molecular flexibility index (Phi) is 8.62. The first-order chi connectivity index (χ1) is 30.7. The van der Waals surface area contributed by atoms with Gasteiger partial charge in [0.25, 0.3) is 0 Å². The van der Waals surface area contributed by atoms with Crippen molar-refractivity contribution in [3.8, 4) is 45.6 Å². The second kappa shape index (κ2) is 14.9. The molecule has 9 aromatic rings. The van der Waals surface area contributed by atoms with Gasteiger partial charge in [-0.2, -0.15) is 0 Å². The number of rotatable bonds is 7. The molecule has 2 unspecified atom stereocenters. The SMILES string of the molecule is C1=CC2C(C(C3=CC=C(n4c5ccccc5c5cc(-c6cccc(-c7nc(-c8ccccn8)nc(-c8ccccn8)n7)c6)ccc54)CC3)=C1)c1ccccc1N2c1ccccc1. The molecule has 12 rings (SSSR count). The normalized spacial score (nSPS) is 16.8. The number of pyridine rings is 2. The van der Waals surface area contributed by atoms with Crippen LogP contribution in [-0.4, -0.2) is 35.5 Å². The van der Waals surface area contributed by atoms with Crippen LogP contribution in [0.15, 0.2) is 212 Å². The lowest BCUT2D eigenvalue weighted by Gasteiger charge is -2.32. The third kappa shape index (κ3) is 6.08. The fourth-order valence-corrected chi connectivity index (χ4v) is 9.67. The first kappa shape index (κ1) is 35.9. The van der Waals surface area contributed by atoms with Crippen molar-refractivity contribution in [3.63, 3.8) is 0 Å². The first-order valence-electron chi connectivity index (χ1n) is 21.2. The van der Waals surface area contributed by atoms with Crippen molar-refractivity contribution in [3.05, 3.63) is 217 Å². The number of aromatic nitrogens is 6. The highest BCUT2D eigenvalue weighted by Crippen LogP contribution is 2.52. The van der Waals surface area contributed by atoms with Gasteiger partial charge in [-0.15, -0.1) is 0 Å². The highest BCUT2D eigenvalue weighted by molar-refractivity contribution is 6.11. The van der Waals surface area contributed by atoms with Crippen LogP contribution in [0.1, 0.15) is 24.3 Å². The van der Waals surface area contributed by atoms with E-state index in [2.05, 4.69) is 171 Å². The van der Waals surface area contributed by atoms with Crippen LogP contribution in [0, 0.1) is 0 Å². The Hall–Kier alpha value is -8.03. The zero-order valence-corrected chi connectivity index (χ0v) is 33.8. The van der Waals surface area contributed by atoms with E-state index in [1.54, 1.807) is 12.4 Å². The van der Waals surface area contributed by atoms with Gasteiger partial charge in [-0.3, -0.25) is 9.97 Å². The Morgan fingerprint density at radius 2 is 1.19 bits per heavy atom. The molecule has 4 aromatic heterocycles. The number of allylic oxidation sites excluding steroid dienone is 6. The van der Waals surface area contributed by atoms with Gasteiger partial charge in [0.05, 0.1) is 17.1 Å². The Morgan fingerprint density at radius 1 is 0.500 bits per heavy atom. The third-order valence-corrected chi connectivity index (χ3v) is 12.5. The van der Waals surface area contributed by atoms with Gasteiger partial charge in [-0.25, -0.2) is 15.0 Å². The number of anilines is 2. The molecular weight excluding hydrogens is 759 g/mol. The maximum atomic E-state index is 4.92. The summed E-state index contributed by atoms with van der Waals surface area (Å²) in [6.07, 6.45) is 17.2. The topological polar surface area (TPSA) is 72.6 Å². The number of hydrogen-bond acceptors (Lipinski definition) is 6. The maximum absolute atomic E-state index is 4.92. The van der Waals surface area contributed by atoms with Crippen molar-refractivity contribution in [1.82, 2.24) is 29.5 Å². The van der Waals surface area contributed by atoms with E-state index in [1.807, 2.05) is 36.4 Å². The second-order valence-corrected chi connectivity index (χ2v) is 16.0. The lowest BCUT2D eigenvalue weighted by atomic mass is 9.78. The molecule has 0 radical (unpaired) electrons. The van der Waals surface area contributed by atoms with Crippen LogP contribution in [0.4, 0.5) is 11.4 Å². The number of fused-ring (bicyclic) bond motifs is 6. The largest absolute Gasteiger partial charge is 0.333 e. The molecule has 7 heteroatoms. The molecule has 3 aliphatic rings. The Balaban J connectivity index is 0.899. The zero-order valence-electron chi connectivity index (χ0n) is 33.8. The van der Waals surface area contributed by atoms with Crippen molar-refractivity contribution in [2.45, 2.75) is 24.8 Å². The van der Waals surface area contributed by atoms with E-state index < -0.39 is 0 Å². The van der Waals surface area contributed by atoms with Gasteiger partial charge in [0, 0.05) is 51.7 Å². The van der Waals surface area contributed by atoms with E-state index in [1.165, 1.54) is 55.6 Å².